The molecule has 3 aromatic rings. The van der Waals surface area contributed by atoms with Gasteiger partial charge in [-0.1, -0.05) is 90.5 Å². The van der Waals surface area contributed by atoms with Crippen molar-refractivity contribution in [3.05, 3.63) is 107 Å². The molecule has 0 radical (unpaired) electrons. The standard InChI is InChI=1S/C25H23NO2/c1-19-12-15-24(22(16-19)14-13-20-8-4-2-5-9-20)25(28)26-23(18-27)17-21-10-6-3-7-11-21/h2-16,18,23H,17H2,1H3,(H,26,28)/b14-13+. The highest BCUT2D eigenvalue weighted by Gasteiger charge is 2.16. The van der Waals surface area contributed by atoms with Crippen LogP contribution < -0.4 is 5.32 Å². The minimum Gasteiger partial charge on any atom is -0.342 e. The van der Waals surface area contributed by atoms with E-state index >= 15 is 0 Å². The normalized spacial score (nSPS) is 11.9. The van der Waals surface area contributed by atoms with Crippen LogP contribution in [-0.2, 0) is 11.2 Å². The van der Waals surface area contributed by atoms with E-state index in [2.05, 4.69) is 5.32 Å². The van der Waals surface area contributed by atoms with Gasteiger partial charge in [0.15, 0.2) is 0 Å². The molecule has 28 heavy (non-hydrogen) atoms. The van der Waals surface area contributed by atoms with Crippen molar-refractivity contribution in [1.29, 1.82) is 0 Å². The molecular weight excluding hydrogens is 346 g/mol. The van der Waals surface area contributed by atoms with Crippen LogP contribution in [-0.4, -0.2) is 18.2 Å². The van der Waals surface area contributed by atoms with E-state index in [1.165, 1.54) is 0 Å². The Hall–Kier alpha value is -3.46. The highest BCUT2D eigenvalue weighted by molar-refractivity contribution is 5.99. The molecule has 3 nitrogen and oxygen atoms in total. The van der Waals surface area contributed by atoms with Crippen LogP contribution in [0.25, 0.3) is 12.2 Å². The maximum absolute atomic E-state index is 12.8. The predicted molar refractivity (Wildman–Crippen MR) is 114 cm³/mol. The zero-order chi connectivity index (χ0) is 19.8. The molecule has 0 aliphatic carbocycles. The first-order valence-electron chi connectivity index (χ1n) is 9.29. The molecule has 0 aliphatic rings. The molecule has 0 bridgehead atoms. The van der Waals surface area contributed by atoms with Crippen LogP contribution in [0.5, 0.6) is 0 Å². The van der Waals surface area contributed by atoms with Crippen LogP contribution in [0, 0.1) is 6.92 Å². The third-order valence-corrected chi connectivity index (χ3v) is 4.49. The maximum atomic E-state index is 12.8. The Balaban J connectivity index is 1.79. The van der Waals surface area contributed by atoms with Crippen LogP contribution in [0.15, 0.2) is 78.9 Å². The molecule has 0 saturated carbocycles. The second kappa shape index (κ2) is 9.47. The average molecular weight is 369 g/mol. The summed E-state index contributed by atoms with van der Waals surface area (Å²) in [4.78, 5) is 24.3. The van der Waals surface area contributed by atoms with Gasteiger partial charge in [-0.3, -0.25) is 4.79 Å². The van der Waals surface area contributed by atoms with Crippen molar-refractivity contribution in [2.24, 2.45) is 0 Å². The molecule has 0 saturated heterocycles. The lowest BCUT2D eigenvalue weighted by Crippen LogP contribution is -2.37. The van der Waals surface area contributed by atoms with E-state index in [0.717, 1.165) is 28.5 Å². The molecular formula is C25H23NO2. The third-order valence-electron chi connectivity index (χ3n) is 4.49. The molecule has 1 unspecified atom stereocenters. The summed E-state index contributed by atoms with van der Waals surface area (Å²) < 4.78 is 0. The Morgan fingerprint density at radius 3 is 2.29 bits per heavy atom. The van der Waals surface area contributed by atoms with Crippen molar-refractivity contribution in [3.63, 3.8) is 0 Å². The van der Waals surface area contributed by atoms with Gasteiger partial charge in [0.1, 0.15) is 6.29 Å². The first kappa shape index (κ1) is 19.3. The summed E-state index contributed by atoms with van der Waals surface area (Å²) in [6, 6.07) is 24.7. The minimum atomic E-state index is -0.567. The molecule has 0 aromatic heterocycles. The number of carbonyl (C=O) groups excluding carboxylic acids is 2. The van der Waals surface area contributed by atoms with Crippen molar-refractivity contribution in [2.75, 3.05) is 0 Å². The number of amides is 1. The highest BCUT2D eigenvalue weighted by Crippen LogP contribution is 2.16. The summed E-state index contributed by atoms with van der Waals surface area (Å²) in [5, 5.41) is 2.85. The summed E-state index contributed by atoms with van der Waals surface area (Å²) in [5.74, 6) is -0.249. The van der Waals surface area contributed by atoms with E-state index in [1.807, 2.05) is 91.9 Å². The average Bonchev–Trinajstić information content (AvgIpc) is 2.73. The van der Waals surface area contributed by atoms with Gasteiger partial charge in [0.05, 0.1) is 6.04 Å². The van der Waals surface area contributed by atoms with Gasteiger partial charge in [-0.2, -0.15) is 0 Å². The van der Waals surface area contributed by atoms with Crippen LogP contribution in [0.4, 0.5) is 0 Å². The van der Waals surface area contributed by atoms with Gasteiger partial charge in [0, 0.05) is 5.56 Å². The lowest BCUT2D eigenvalue weighted by atomic mass is 10.0. The summed E-state index contributed by atoms with van der Waals surface area (Å²) in [7, 11) is 0. The van der Waals surface area contributed by atoms with E-state index in [4.69, 9.17) is 0 Å². The van der Waals surface area contributed by atoms with Crippen LogP contribution in [0.1, 0.15) is 32.6 Å². The molecule has 1 atom stereocenters. The summed E-state index contributed by atoms with van der Waals surface area (Å²) in [6.07, 6.45) is 5.17. The molecule has 0 aliphatic heterocycles. The number of aldehydes is 1. The fraction of sp³-hybridized carbons (Fsp3) is 0.120. The van der Waals surface area contributed by atoms with Gasteiger partial charge in [-0.05, 0) is 36.1 Å². The number of carbonyl (C=O) groups is 2. The molecule has 1 amide bonds. The summed E-state index contributed by atoms with van der Waals surface area (Å²) in [6.45, 7) is 1.99. The number of rotatable bonds is 7. The zero-order valence-corrected chi connectivity index (χ0v) is 15.8. The Morgan fingerprint density at radius 1 is 0.929 bits per heavy atom. The second-order valence-corrected chi connectivity index (χ2v) is 6.74. The minimum absolute atomic E-state index is 0.249. The molecule has 3 heteroatoms. The van der Waals surface area contributed by atoms with Crippen molar-refractivity contribution in [3.8, 4) is 0 Å². The smallest absolute Gasteiger partial charge is 0.252 e. The van der Waals surface area contributed by atoms with E-state index in [-0.39, 0.29) is 5.91 Å². The van der Waals surface area contributed by atoms with Gasteiger partial charge >= 0.3 is 0 Å². The van der Waals surface area contributed by atoms with Crippen molar-refractivity contribution in [1.82, 2.24) is 5.32 Å². The lowest BCUT2D eigenvalue weighted by molar-refractivity contribution is -0.109. The molecule has 1 N–H and O–H groups in total. The van der Waals surface area contributed by atoms with Gasteiger partial charge < -0.3 is 10.1 Å². The SMILES string of the molecule is Cc1ccc(C(=O)NC(C=O)Cc2ccccc2)c(/C=C/c2ccccc2)c1. The number of hydrogen-bond donors (Lipinski definition) is 1. The van der Waals surface area contributed by atoms with E-state index in [9.17, 15) is 9.59 Å². The molecule has 3 rings (SSSR count). The number of nitrogens with one attached hydrogen (secondary N) is 1. The molecule has 3 aromatic carbocycles. The van der Waals surface area contributed by atoms with Crippen molar-refractivity contribution >= 4 is 24.3 Å². The lowest BCUT2D eigenvalue weighted by Gasteiger charge is -2.14. The van der Waals surface area contributed by atoms with Gasteiger partial charge in [0.2, 0.25) is 0 Å². The highest BCUT2D eigenvalue weighted by atomic mass is 16.2. The maximum Gasteiger partial charge on any atom is 0.252 e. The van der Waals surface area contributed by atoms with Crippen molar-refractivity contribution in [2.45, 2.75) is 19.4 Å². The first-order chi connectivity index (χ1) is 13.7. The van der Waals surface area contributed by atoms with E-state index in [1.54, 1.807) is 6.07 Å². The molecule has 140 valence electrons. The monoisotopic (exact) mass is 369 g/mol. The molecule has 0 spiro atoms. The van der Waals surface area contributed by atoms with E-state index in [0.29, 0.717) is 12.0 Å². The van der Waals surface area contributed by atoms with E-state index < -0.39 is 6.04 Å². The van der Waals surface area contributed by atoms with Crippen molar-refractivity contribution < 1.29 is 9.59 Å². The quantitative estimate of drug-likeness (QED) is 0.484. The molecule has 0 fully saturated rings. The molecule has 0 heterocycles. The second-order valence-electron chi connectivity index (χ2n) is 6.74. The predicted octanol–water partition coefficient (Wildman–Crippen LogP) is 4.71. The van der Waals surface area contributed by atoms with Gasteiger partial charge in [0.25, 0.3) is 5.91 Å². The summed E-state index contributed by atoms with van der Waals surface area (Å²) in [5.41, 5.74) is 4.52. The number of hydrogen-bond acceptors (Lipinski definition) is 2. The Bertz CT molecular complexity index is 962. The largest absolute Gasteiger partial charge is 0.342 e. The Labute approximate surface area is 165 Å². The van der Waals surface area contributed by atoms with Crippen LogP contribution in [0.3, 0.4) is 0 Å². The Morgan fingerprint density at radius 2 is 1.61 bits per heavy atom. The van der Waals surface area contributed by atoms with Gasteiger partial charge in [-0.15, -0.1) is 0 Å². The van der Waals surface area contributed by atoms with Crippen LogP contribution >= 0.6 is 0 Å². The zero-order valence-electron chi connectivity index (χ0n) is 15.8. The first-order valence-corrected chi connectivity index (χ1v) is 9.29. The topological polar surface area (TPSA) is 46.2 Å². The fourth-order valence-corrected chi connectivity index (χ4v) is 3.02. The fourth-order valence-electron chi connectivity index (χ4n) is 3.02. The van der Waals surface area contributed by atoms with Crippen LogP contribution in [0.2, 0.25) is 0 Å². The van der Waals surface area contributed by atoms with Gasteiger partial charge in [-0.25, -0.2) is 0 Å². The Kier molecular flexibility index (Phi) is 6.53. The number of benzene rings is 3. The third kappa shape index (κ3) is 5.27. The number of aryl methyl sites for hydroxylation is 1. The summed E-state index contributed by atoms with van der Waals surface area (Å²) >= 11 is 0.